The largest absolute Gasteiger partial charge is 0.466 e. The molecule has 2 fully saturated rings. The summed E-state index contributed by atoms with van der Waals surface area (Å²) in [7, 11) is -2.03. The number of carbonyl (C=O) groups is 1. The molecule has 2 saturated carbocycles. The minimum Gasteiger partial charge on any atom is -0.466 e. The van der Waals surface area contributed by atoms with Gasteiger partial charge in [0.1, 0.15) is 0 Å². The van der Waals surface area contributed by atoms with Crippen molar-refractivity contribution < 1.29 is 18.7 Å². The molecule has 0 aliphatic heterocycles. The standard InChI is InChI=1S/C22H42O4Si/c1-8-10-15-25-19-16-18(20(23)24-9-2)22(14-12-11-13-17(19)22)26-27(6,7)21(3,4)5/h17-19H,8-16H2,1-7H3. The summed E-state index contributed by atoms with van der Waals surface area (Å²) >= 11 is 0. The van der Waals surface area contributed by atoms with E-state index in [4.69, 9.17) is 13.9 Å². The van der Waals surface area contributed by atoms with Gasteiger partial charge in [0.15, 0.2) is 8.32 Å². The Morgan fingerprint density at radius 2 is 1.89 bits per heavy atom. The highest BCUT2D eigenvalue weighted by atomic mass is 28.4. The molecular formula is C22H42O4Si. The molecule has 0 saturated heterocycles. The summed E-state index contributed by atoms with van der Waals surface area (Å²) in [6.45, 7) is 16.7. The maximum atomic E-state index is 13.0. The molecule has 4 atom stereocenters. The molecule has 27 heavy (non-hydrogen) atoms. The zero-order valence-electron chi connectivity index (χ0n) is 18.7. The Balaban J connectivity index is 2.36. The van der Waals surface area contributed by atoms with Crippen LogP contribution >= 0.6 is 0 Å². The van der Waals surface area contributed by atoms with Crippen LogP contribution in [0.3, 0.4) is 0 Å². The van der Waals surface area contributed by atoms with Gasteiger partial charge in [0.25, 0.3) is 0 Å². The Morgan fingerprint density at radius 3 is 2.48 bits per heavy atom. The molecule has 0 spiro atoms. The monoisotopic (exact) mass is 398 g/mol. The van der Waals surface area contributed by atoms with Crippen LogP contribution in [0.25, 0.3) is 0 Å². The van der Waals surface area contributed by atoms with Gasteiger partial charge in [-0.2, -0.15) is 0 Å². The zero-order chi connectivity index (χ0) is 20.3. The molecule has 5 heteroatoms. The predicted molar refractivity (Wildman–Crippen MR) is 112 cm³/mol. The van der Waals surface area contributed by atoms with Gasteiger partial charge in [-0.1, -0.05) is 47.0 Å². The normalized spacial score (nSPS) is 31.6. The van der Waals surface area contributed by atoms with Crippen LogP contribution in [0.4, 0.5) is 0 Å². The topological polar surface area (TPSA) is 44.8 Å². The summed E-state index contributed by atoms with van der Waals surface area (Å²) in [6.07, 6.45) is 7.47. The third-order valence-corrected chi connectivity index (χ3v) is 11.6. The lowest BCUT2D eigenvalue weighted by Crippen LogP contribution is -2.57. The average molecular weight is 399 g/mol. The van der Waals surface area contributed by atoms with E-state index < -0.39 is 13.9 Å². The first kappa shape index (κ1) is 22.9. The van der Waals surface area contributed by atoms with Crippen molar-refractivity contribution in [3.05, 3.63) is 0 Å². The third kappa shape index (κ3) is 4.79. The molecule has 0 N–H and O–H groups in total. The fourth-order valence-electron chi connectivity index (χ4n) is 4.65. The number of hydrogen-bond donors (Lipinski definition) is 0. The lowest BCUT2D eigenvalue weighted by molar-refractivity contribution is -0.159. The Bertz CT molecular complexity index is 499. The van der Waals surface area contributed by atoms with Crippen LogP contribution in [0.5, 0.6) is 0 Å². The van der Waals surface area contributed by atoms with Gasteiger partial charge in [-0.25, -0.2) is 0 Å². The quantitative estimate of drug-likeness (QED) is 0.299. The fraction of sp³-hybridized carbons (Fsp3) is 0.955. The molecule has 0 amide bonds. The van der Waals surface area contributed by atoms with E-state index in [0.717, 1.165) is 45.1 Å². The number of esters is 1. The number of fused-ring (bicyclic) bond motifs is 1. The van der Waals surface area contributed by atoms with Crippen molar-refractivity contribution in [3.63, 3.8) is 0 Å². The van der Waals surface area contributed by atoms with Crippen LogP contribution < -0.4 is 0 Å². The van der Waals surface area contributed by atoms with Gasteiger partial charge < -0.3 is 13.9 Å². The van der Waals surface area contributed by atoms with Crippen LogP contribution in [0.1, 0.15) is 79.6 Å². The highest BCUT2D eigenvalue weighted by Gasteiger charge is 2.62. The van der Waals surface area contributed by atoms with Gasteiger partial charge in [0.05, 0.1) is 24.2 Å². The van der Waals surface area contributed by atoms with E-state index in [9.17, 15) is 4.79 Å². The van der Waals surface area contributed by atoms with Gasteiger partial charge in [-0.05, 0) is 50.7 Å². The number of carbonyl (C=O) groups excluding carboxylic acids is 1. The summed E-state index contributed by atoms with van der Waals surface area (Å²) in [5.41, 5.74) is -0.398. The molecule has 0 radical (unpaired) electrons. The number of hydrogen-bond acceptors (Lipinski definition) is 4. The van der Waals surface area contributed by atoms with E-state index in [2.05, 4.69) is 40.8 Å². The van der Waals surface area contributed by atoms with Crippen molar-refractivity contribution in [1.29, 1.82) is 0 Å². The smallest absolute Gasteiger partial charge is 0.311 e. The highest BCUT2D eigenvalue weighted by molar-refractivity contribution is 6.74. The Labute approximate surface area is 167 Å². The molecule has 4 nitrogen and oxygen atoms in total. The summed E-state index contributed by atoms with van der Waals surface area (Å²) < 4.78 is 19.0. The second-order valence-corrected chi connectivity index (χ2v) is 14.7. The second kappa shape index (κ2) is 8.96. The molecule has 0 aromatic heterocycles. The molecule has 0 heterocycles. The van der Waals surface area contributed by atoms with E-state index in [1.807, 2.05) is 6.92 Å². The average Bonchev–Trinajstić information content (AvgIpc) is 2.88. The third-order valence-electron chi connectivity index (χ3n) is 7.12. The molecule has 2 aliphatic carbocycles. The van der Waals surface area contributed by atoms with Crippen molar-refractivity contribution >= 4 is 14.3 Å². The van der Waals surface area contributed by atoms with Crippen molar-refractivity contribution in [2.75, 3.05) is 13.2 Å². The first-order valence-electron chi connectivity index (χ1n) is 11.1. The first-order valence-corrected chi connectivity index (χ1v) is 14.0. The van der Waals surface area contributed by atoms with Gasteiger partial charge in [-0.3, -0.25) is 4.79 Å². The van der Waals surface area contributed by atoms with E-state index in [1.165, 1.54) is 6.42 Å². The van der Waals surface area contributed by atoms with Crippen LogP contribution in [-0.2, 0) is 18.7 Å². The Hall–Kier alpha value is -0.393. The molecule has 158 valence electrons. The maximum Gasteiger partial charge on any atom is 0.311 e. The van der Waals surface area contributed by atoms with E-state index in [0.29, 0.717) is 12.5 Å². The predicted octanol–water partition coefficient (Wildman–Crippen LogP) is 5.71. The molecule has 0 bridgehead atoms. The summed E-state index contributed by atoms with van der Waals surface area (Å²) in [5, 5.41) is 0.115. The maximum absolute atomic E-state index is 13.0. The SMILES string of the molecule is CCCCOC1CC(C(=O)OCC)C2(O[Si](C)(C)C(C)(C)C)CCCCC12. The van der Waals surface area contributed by atoms with Gasteiger partial charge in [-0.15, -0.1) is 0 Å². The van der Waals surface area contributed by atoms with Crippen LogP contribution in [0, 0.1) is 11.8 Å². The van der Waals surface area contributed by atoms with Gasteiger partial charge in [0, 0.05) is 12.5 Å². The van der Waals surface area contributed by atoms with Crippen molar-refractivity contribution in [2.24, 2.45) is 11.8 Å². The van der Waals surface area contributed by atoms with Crippen molar-refractivity contribution in [2.45, 2.75) is 109 Å². The lowest BCUT2D eigenvalue weighted by atomic mass is 9.73. The van der Waals surface area contributed by atoms with E-state index in [1.54, 1.807) is 0 Å². The molecule has 2 rings (SSSR count). The van der Waals surface area contributed by atoms with E-state index >= 15 is 0 Å². The van der Waals surface area contributed by atoms with Crippen LogP contribution in [0.2, 0.25) is 18.1 Å². The summed E-state index contributed by atoms with van der Waals surface area (Å²) in [6, 6.07) is 0. The molecule has 0 aromatic rings. The molecule has 4 unspecified atom stereocenters. The van der Waals surface area contributed by atoms with Gasteiger partial charge >= 0.3 is 5.97 Å². The van der Waals surface area contributed by atoms with Crippen molar-refractivity contribution in [1.82, 2.24) is 0 Å². The molecular weight excluding hydrogens is 356 g/mol. The Kier molecular flexibility index (Phi) is 7.59. The van der Waals surface area contributed by atoms with Crippen LogP contribution in [0.15, 0.2) is 0 Å². The minimum atomic E-state index is -2.03. The van der Waals surface area contributed by atoms with Crippen LogP contribution in [-0.4, -0.2) is 39.2 Å². The van der Waals surface area contributed by atoms with Crippen molar-refractivity contribution in [3.8, 4) is 0 Å². The minimum absolute atomic E-state index is 0.0790. The molecule has 2 aliphatic rings. The second-order valence-electron chi connectivity index (χ2n) is 9.97. The highest BCUT2D eigenvalue weighted by Crippen LogP contribution is 2.56. The summed E-state index contributed by atoms with van der Waals surface area (Å²) in [5.74, 6) is 0.0415. The zero-order valence-corrected chi connectivity index (χ0v) is 19.7. The van der Waals surface area contributed by atoms with E-state index in [-0.39, 0.29) is 23.0 Å². The number of rotatable bonds is 8. The summed E-state index contributed by atoms with van der Waals surface area (Å²) in [4.78, 5) is 13.0. The number of unbranched alkanes of at least 4 members (excludes halogenated alkanes) is 1. The number of ether oxygens (including phenoxy) is 2. The fourth-order valence-corrected chi connectivity index (χ4v) is 6.30. The van der Waals surface area contributed by atoms with Gasteiger partial charge in [0.2, 0.25) is 0 Å². The molecule has 0 aromatic carbocycles. The first-order chi connectivity index (χ1) is 12.6. The lowest BCUT2D eigenvalue weighted by Gasteiger charge is -2.50. The Morgan fingerprint density at radius 1 is 1.19 bits per heavy atom.